The number of hydrogen-bond acceptors (Lipinski definition) is 1. The predicted molar refractivity (Wildman–Crippen MR) is 123 cm³/mol. The Hall–Kier alpha value is -2.54. The Bertz CT molecular complexity index is 1030. The first kappa shape index (κ1) is 22.6. The van der Waals surface area contributed by atoms with E-state index in [0.717, 1.165) is 42.7 Å². The molecule has 2 aliphatic rings. The quantitative estimate of drug-likeness (QED) is 0.417. The molecule has 1 saturated carbocycles. The monoisotopic (exact) mass is 437 g/mol. The number of nitrogens with zero attached hydrogens (tertiary/aromatic N) is 1. The zero-order chi connectivity index (χ0) is 22.7. The van der Waals surface area contributed by atoms with Crippen molar-refractivity contribution in [3.8, 4) is 6.07 Å². The fourth-order valence-electron chi connectivity index (χ4n) is 5.40. The fraction of sp³-hybridized carbons (Fsp3) is 0.464. The summed E-state index contributed by atoms with van der Waals surface area (Å²) in [5.41, 5.74) is 2.73. The molecular formula is C28H30F3N. The van der Waals surface area contributed by atoms with E-state index < -0.39 is 17.5 Å². The molecule has 32 heavy (non-hydrogen) atoms. The molecule has 168 valence electrons. The van der Waals surface area contributed by atoms with Crippen LogP contribution in [-0.4, -0.2) is 0 Å². The van der Waals surface area contributed by atoms with Crippen molar-refractivity contribution in [2.24, 2.45) is 5.92 Å². The molecule has 4 heteroatoms. The van der Waals surface area contributed by atoms with Gasteiger partial charge in [-0.15, -0.1) is 0 Å². The van der Waals surface area contributed by atoms with Crippen LogP contribution in [0.1, 0.15) is 98.4 Å². The van der Waals surface area contributed by atoms with Gasteiger partial charge >= 0.3 is 0 Å². The summed E-state index contributed by atoms with van der Waals surface area (Å²) < 4.78 is 44.3. The van der Waals surface area contributed by atoms with Crippen LogP contribution in [0.2, 0.25) is 0 Å². The molecule has 4 rings (SSSR count). The third-order valence-corrected chi connectivity index (χ3v) is 7.26. The summed E-state index contributed by atoms with van der Waals surface area (Å²) in [4.78, 5) is 0. The standard InChI is InChI=1S/C28H30F3N/c1-2-3-4-5-18-6-8-19(9-7-18)23-15-26(30)28(27(31)16-23)21-11-10-20-12-24(17-32)25(29)14-22(20)13-21/h12-16,18-19H,2-11H2,1H3. The Morgan fingerprint density at radius 1 is 0.906 bits per heavy atom. The van der Waals surface area contributed by atoms with Gasteiger partial charge in [-0.05, 0) is 96.9 Å². The van der Waals surface area contributed by atoms with Crippen LogP contribution < -0.4 is 0 Å². The molecule has 0 atom stereocenters. The highest BCUT2D eigenvalue weighted by Crippen LogP contribution is 2.40. The summed E-state index contributed by atoms with van der Waals surface area (Å²) in [6.07, 6.45) is 12.0. The number of unbranched alkanes of at least 4 members (excludes halogenated alkanes) is 2. The number of allylic oxidation sites excluding steroid dienone is 1. The summed E-state index contributed by atoms with van der Waals surface area (Å²) in [6, 6.07) is 7.69. The van der Waals surface area contributed by atoms with Gasteiger partial charge in [0.25, 0.3) is 0 Å². The molecule has 0 N–H and O–H groups in total. The second-order valence-corrected chi connectivity index (χ2v) is 9.39. The van der Waals surface area contributed by atoms with E-state index in [9.17, 15) is 4.39 Å². The second kappa shape index (κ2) is 9.94. The van der Waals surface area contributed by atoms with Crippen LogP contribution in [0.4, 0.5) is 13.2 Å². The zero-order valence-corrected chi connectivity index (χ0v) is 18.7. The lowest BCUT2D eigenvalue weighted by atomic mass is 9.76. The zero-order valence-electron chi connectivity index (χ0n) is 18.7. The molecule has 0 spiro atoms. The number of benzene rings is 2. The summed E-state index contributed by atoms with van der Waals surface area (Å²) >= 11 is 0. The average molecular weight is 438 g/mol. The highest BCUT2D eigenvalue weighted by Gasteiger charge is 2.26. The van der Waals surface area contributed by atoms with Crippen molar-refractivity contribution in [1.82, 2.24) is 0 Å². The molecular weight excluding hydrogens is 407 g/mol. The van der Waals surface area contributed by atoms with Gasteiger partial charge in [0.2, 0.25) is 0 Å². The molecule has 2 aromatic rings. The Morgan fingerprint density at radius 3 is 2.28 bits per heavy atom. The maximum atomic E-state index is 15.1. The molecule has 2 aromatic carbocycles. The van der Waals surface area contributed by atoms with E-state index in [0.29, 0.717) is 24.0 Å². The lowest BCUT2D eigenvalue weighted by molar-refractivity contribution is 0.302. The average Bonchev–Trinajstić information content (AvgIpc) is 2.78. The Morgan fingerprint density at radius 2 is 1.62 bits per heavy atom. The molecule has 0 saturated heterocycles. The molecule has 0 amide bonds. The predicted octanol–water partition coefficient (Wildman–Crippen LogP) is 8.32. The minimum absolute atomic E-state index is 0.00222. The van der Waals surface area contributed by atoms with Crippen molar-refractivity contribution < 1.29 is 13.2 Å². The third kappa shape index (κ3) is 4.77. The van der Waals surface area contributed by atoms with E-state index in [2.05, 4.69) is 6.92 Å². The first-order valence-electron chi connectivity index (χ1n) is 11.9. The highest BCUT2D eigenvalue weighted by molar-refractivity contribution is 5.85. The molecule has 0 aromatic heterocycles. The Balaban J connectivity index is 1.52. The number of nitriles is 1. The van der Waals surface area contributed by atoms with Gasteiger partial charge in [0.1, 0.15) is 23.5 Å². The van der Waals surface area contributed by atoms with Crippen LogP contribution in [0, 0.1) is 34.7 Å². The van der Waals surface area contributed by atoms with Crippen molar-refractivity contribution in [3.63, 3.8) is 0 Å². The van der Waals surface area contributed by atoms with E-state index in [4.69, 9.17) is 5.26 Å². The van der Waals surface area contributed by atoms with Gasteiger partial charge in [0.15, 0.2) is 0 Å². The van der Waals surface area contributed by atoms with Gasteiger partial charge in [-0.1, -0.05) is 38.7 Å². The number of hydrogen-bond donors (Lipinski definition) is 0. The molecule has 0 unspecified atom stereocenters. The van der Waals surface area contributed by atoms with Crippen LogP contribution in [-0.2, 0) is 6.42 Å². The van der Waals surface area contributed by atoms with Crippen molar-refractivity contribution in [2.75, 3.05) is 0 Å². The molecule has 0 heterocycles. The first-order valence-corrected chi connectivity index (χ1v) is 11.9. The highest BCUT2D eigenvalue weighted by atomic mass is 19.1. The molecule has 1 nitrogen and oxygen atoms in total. The van der Waals surface area contributed by atoms with Gasteiger partial charge in [0.05, 0.1) is 5.56 Å². The lowest BCUT2D eigenvalue weighted by Gasteiger charge is -2.29. The van der Waals surface area contributed by atoms with Crippen LogP contribution in [0.15, 0.2) is 24.3 Å². The van der Waals surface area contributed by atoms with Crippen LogP contribution in [0.25, 0.3) is 11.6 Å². The topological polar surface area (TPSA) is 23.8 Å². The van der Waals surface area contributed by atoms with Crippen molar-refractivity contribution >= 4 is 11.6 Å². The van der Waals surface area contributed by atoms with Crippen LogP contribution in [0.5, 0.6) is 0 Å². The Kier molecular flexibility index (Phi) is 7.04. The Labute approximate surface area is 189 Å². The SMILES string of the molecule is CCCCCC1CCC(c2cc(F)c(C3=Cc4cc(F)c(C#N)cc4CC3)c(F)c2)CC1. The van der Waals surface area contributed by atoms with Crippen LogP contribution >= 0.6 is 0 Å². The van der Waals surface area contributed by atoms with Crippen molar-refractivity contribution in [3.05, 3.63) is 69.5 Å². The van der Waals surface area contributed by atoms with Gasteiger partial charge in [-0.2, -0.15) is 5.26 Å². The van der Waals surface area contributed by atoms with E-state index >= 15 is 8.78 Å². The molecule has 0 radical (unpaired) electrons. The van der Waals surface area contributed by atoms with Crippen molar-refractivity contribution in [1.29, 1.82) is 5.26 Å². The van der Waals surface area contributed by atoms with Gasteiger partial charge in [-0.25, -0.2) is 13.2 Å². The maximum Gasteiger partial charge on any atom is 0.141 e. The smallest absolute Gasteiger partial charge is 0.141 e. The van der Waals surface area contributed by atoms with E-state index in [1.807, 2.05) is 6.07 Å². The number of fused-ring (bicyclic) bond motifs is 1. The van der Waals surface area contributed by atoms with Gasteiger partial charge < -0.3 is 0 Å². The molecule has 0 aliphatic heterocycles. The molecule has 2 aliphatic carbocycles. The van der Waals surface area contributed by atoms with E-state index in [1.54, 1.807) is 6.08 Å². The second-order valence-electron chi connectivity index (χ2n) is 9.39. The first-order chi connectivity index (χ1) is 15.5. The number of halogens is 3. The summed E-state index contributed by atoms with van der Waals surface area (Å²) in [5, 5.41) is 9.01. The van der Waals surface area contributed by atoms with E-state index in [-0.39, 0.29) is 17.0 Å². The third-order valence-electron chi connectivity index (χ3n) is 7.26. The summed E-state index contributed by atoms with van der Waals surface area (Å²) in [6.45, 7) is 2.22. The molecule has 0 bridgehead atoms. The summed E-state index contributed by atoms with van der Waals surface area (Å²) in [5.74, 6) is -0.704. The summed E-state index contributed by atoms with van der Waals surface area (Å²) in [7, 11) is 0. The van der Waals surface area contributed by atoms with Crippen LogP contribution in [0.3, 0.4) is 0 Å². The normalized spacial score (nSPS) is 20.4. The molecule has 1 fully saturated rings. The fourth-order valence-corrected chi connectivity index (χ4v) is 5.40. The minimum atomic E-state index is -0.606. The lowest BCUT2D eigenvalue weighted by Crippen LogP contribution is -2.14. The van der Waals surface area contributed by atoms with Gasteiger partial charge in [-0.3, -0.25) is 0 Å². The minimum Gasteiger partial charge on any atom is -0.206 e. The van der Waals surface area contributed by atoms with Crippen molar-refractivity contribution in [2.45, 2.75) is 77.0 Å². The van der Waals surface area contributed by atoms with E-state index in [1.165, 1.54) is 49.9 Å². The largest absolute Gasteiger partial charge is 0.206 e. The number of rotatable bonds is 6. The maximum absolute atomic E-state index is 15.1. The number of aryl methyl sites for hydroxylation is 1. The van der Waals surface area contributed by atoms with Gasteiger partial charge in [0, 0.05) is 5.56 Å².